The van der Waals surface area contributed by atoms with Gasteiger partial charge in [0.25, 0.3) is 5.91 Å². The molecule has 0 saturated carbocycles. The summed E-state index contributed by atoms with van der Waals surface area (Å²) in [6, 6.07) is 9.22. The van der Waals surface area contributed by atoms with E-state index in [4.69, 9.17) is 0 Å². The van der Waals surface area contributed by atoms with Crippen molar-refractivity contribution in [2.24, 2.45) is 0 Å². The van der Waals surface area contributed by atoms with Crippen LogP contribution in [0, 0.1) is 0 Å². The summed E-state index contributed by atoms with van der Waals surface area (Å²) in [5.74, 6) is -1.44. The Morgan fingerprint density at radius 2 is 1.80 bits per heavy atom. The van der Waals surface area contributed by atoms with Crippen molar-refractivity contribution in [1.29, 1.82) is 0 Å². The third-order valence-electron chi connectivity index (χ3n) is 2.57. The third kappa shape index (κ3) is 5.48. The smallest absolute Gasteiger partial charge is 0.291 e. The van der Waals surface area contributed by atoms with Crippen LogP contribution in [0.1, 0.15) is 12.0 Å². The quantitative estimate of drug-likeness (QED) is 0.618. The molecule has 1 aromatic rings. The van der Waals surface area contributed by atoms with E-state index in [2.05, 4.69) is 5.32 Å². The molecule has 0 aliphatic carbocycles. The average Bonchev–Trinajstić information content (AvgIpc) is 2.45. The molecule has 0 aromatic heterocycles. The SMILES string of the molecule is CN(C)C(=O)CCNC(=O)C(=O)/C=C/c1ccccc1. The minimum atomic E-state index is -0.705. The number of rotatable bonds is 6. The molecular formula is C15H18N2O3. The topological polar surface area (TPSA) is 66.5 Å². The van der Waals surface area contributed by atoms with Gasteiger partial charge < -0.3 is 10.2 Å². The number of nitrogens with zero attached hydrogens (tertiary/aromatic N) is 1. The molecule has 5 nitrogen and oxygen atoms in total. The van der Waals surface area contributed by atoms with Crippen LogP contribution in [0.5, 0.6) is 0 Å². The van der Waals surface area contributed by atoms with Gasteiger partial charge in [-0.05, 0) is 11.6 Å². The van der Waals surface area contributed by atoms with Gasteiger partial charge >= 0.3 is 0 Å². The highest BCUT2D eigenvalue weighted by atomic mass is 16.2. The van der Waals surface area contributed by atoms with Gasteiger partial charge in [-0.3, -0.25) is 14.4 Å². The molecule has 2 amide bonds. The summed E-state index contributed by atoms with van der Waals surface area (Å²) in [6.45, 7) is 0.154. The number of nitrogens with one attached hydrogen (secondary N) is 1. The number of hydrogen-bond donors (Lipinski definition) is 1. The second-order valence-corrected chi connectivity index (χ2v) is 4.40. The maximum Gasteiger partial charge on any atom is 0.291 e. The molecule has 1 rings (SSSR count). The summed E-state index contributed by atoms with van der Waals surface area (Å²) >= 11 is 0. The number of carbonyl (C=O) groups is 3. The molecule has 0 unspecified atom stereocenters. The van der Waals surface area contributed by atoms with E-state index in [1.165, 1.54) is 11.0 Å². The van der Waals surface area contributed by atoms with Crippen molar-refractivity contribution in [1.82, 2.24) is 10.2 Å². The highest BCUT2D eigenvalue weighted by Crippen LogP contribution is 2.00. The largest absolute Gasteiger partial charge is 0.349 e. The molecule has 20 heavy (non-hydrogen) atoms. The van der Waals surface area contributed by atoms with Gasteiger partial charge in [0.15, 0.2) is 0 Å². The number of ketones is 1. The van der Waals surface area contributed by atoms with Crippen molar-refractivity contribution in [3.8, 4) is 0 Å². The van der Waals surface area contributed by atoms with Gasteiger partial charge in [-0.2, -0.15) is 0 Å². The molecule has 0 saturated heterocycles. The molecule has 0 aliphatic heterocycles. The van der Waals surface area contributed by atoms with Crippen LogP contribution in [-0.2, 0) is 14.4 Å². The Morgan fingerprint density at radius 1 is 1.15 bits per heavy atom. The van der Waals surface area contributed by atoms with Gasteiger partial charge in [-0.1, -0.05) is 36.4 Å². The summed E-state index contributed by atoms with van der Waals surface area (Å²) < 4.78 is 0. The van der Waals surface area contributed by atoms with Crippen molar-refractivity contribution in [2.45, 2.75) is 6.42 Å². The van der Waals surface area contributed by atoms with Crippen molar-refractivity contribution in [2.75, 3.05) is 20.6 Å². The molecule has 1 N–H and O–H groups in total. The third-order valence-corrected chi connectivity index (χ3v) is 2.57. The van der Waals surface area contributed by atoms with Gasteiger partial charge in [0.05, 0.1) is 0 Å². The summed E-state index contributed by atoms with van der Waals surface area (Å²) in [7, 11) is 3.27. The molecule has 0 bridgehead atoms. The van der Waals surface area contributed by atoms with Crippen LogP contribution in [0.25, 0.3) is 6.08 Å². The normalized spacial score (nSPS) is 10.3. The van der Waals surface area contributed by atoms with Crippen LogP contribution < -0.4 is 5.32 Å². The summed E-state index contributed by atoms with van der Waals surface area (Å²) in [5, 5.41) is 2.42. The van der Waals surface area contributed by atoms with Crippen LogP contribution in [0.2, 0.25) is 0 Å². The lowest BCUT2D eigenvalue weighted by atomic mass is 10.2. The Hall–Kier alpha value is -2.43. The van der Waals surface area contributed by atoms with E-state index in [9.17, 15) is 14.4 Å². The number of benzene rings is 1. The second kappa shape index (κ2) is 7.89. The van der Waals surface area contributed by atoms with E-state index in [0.29, 0.717) is 0 Å². The van der Waals surface area contributed by atoms with Crippen molar-refractivity contribution in [3.05, 3.63) is 42.0 Å². The summed E-state index contributed by atoms with van der Waals surface area (Å²) in [4.78, 5) is 35.7. The van der Waals surface area contributed by atoms with Crippen LogP contribution >= 0.6 is 0 Å². The highest BCUT2D eigenvalue weighted by molar-refractivity contribution is 6.41. The molecule has 0 fully saturated rings. The molecule has 0 heterocycles. The Bertz CT molecular complexity index is 507. The van der Waals surface area contributed by atoms with Crippen molar-refractivity contribution >= 4 is 23.7 Å². The molecule has 0 radical (unpaired) electrons. The van der Waals surface area contributed by atoms with E-state index >= 15 is 0 Å². The number of carbonyl (C=O) groups excluding carboxylic acids is 3. The van der Waals surface area contributed by atoms with Gasteiger partial charge in [-0.25, -0.2) is 0 Å². The van der Waals surface area contributed by atoms with Crippen molar-refractivity contribution < 1.29 is 14.4 Å². The fourth-order valence-electron chi connectivity index (χ4n) is 1.41. The summed E-state index contributed by atoms with van der Waals surface area (Å²) in [6.07, 6.45) is 2.97. The first-order chi connectivity index (χ1) is 9.50. The van der Waals surface area contributed by atoms with E-state index in [1.807, 2.05) is 30.3 Å². The van der Waals surface area contributed by atoms with Gasteiger partial charge in [0.2, 0.25) is 11.7 Å². The fourth-order valence-corrected chi connectivity index (χ4v) is 1.41. The predicted molar refractivity (Wildman–Crippen MR) is 76.8 cm³/mol. The Labute approximate surface area is 118 Å². The maximum atomic E-state index is 11.5. The molecule has 0 aliphatic rings. The minimum Gasteiger partial charge on any atom is -0.349 e. The van der Waals surface area contributed by atoms with Gasteiger partial charge in [0.1, 0.15) is 0 Å². The molecule has 0 spiro atoms. The van der Waals surface area contributed by atoms with Crippen molar-refractivity contribution in [3.63, 3.8) is 0 Å². The number of hydrogen-bond acceptors (Lipinski definition) is 3. The Kier molecular flexibility index (Phi) is 6.16. The van der Waals surface area contributed by atoms with E-state index in [0.717, 1.165) is 5.56 Å². The second-order valence-electron chi connectivity index (χ2n) is 4.40. The zero-order chi connectivity index (χ0) is 15.0. The first-order valence-electron chi connectivity index (χ1n) is 6.26. The Morgan fingerprint density at radius 3 is 2.40 bits per heavy atom. The standard InChI is InChI=1S/C15H18N2O3/c1-17(2)14(19)10-11-16-15(20)13(18)9-8-12-6-4-3-5-7-12/h3-9H,10-11H2,1-2H3,(H,16,20)/b9-8+. The van der Waals surface area contributed by atoms with E-state index in [1.54, 1.807) is 20.2 Å². The maximum absolute atomic E-state index is 11.5. The molecular weight excluding hydrogens is 256 g/mol. The monoisotopic (exact) mass is 274 g/mol. The molecule has 0 atom stereocenters. The lowest BCUT2D eigenvalue weighted by Gasteiger charge is -2.09. The lowest BCUT2D eigenvalue weighted by molar-refractivity contribution is -0.135. The first-order valence-corrected chi connectivity index (χ1v) is 6.26. The van der Waals surface area contributed by atoms with Crippen LogP contribution in [0.3, 0.4) is 0 Å². The van der Waals surface area contributed by atoms with E-state index in [-0.39, 0.29) is 18.9 Å². The van der Waals surface area contributed by atoms with Crippen LogP contribution in [0.15, 0.2) is 36.4 Å². The Balaban J connectivity index is 2.38. The molecule has 1 aromatic carbocycles. The molecule has 106 valence electrons. The van der Waals surface area contributed by atoms with Gasteiger partial charge in [0, 0.05) is 27.1 Å². The van der Waals surface area contributed by atoms with E-state index < -0.39 is 11.7 Å². The van der Waals surface area contributed by atoms with Gasteiger partial charge in [-0.15, -0.1) is 0 Å². The highest BCUT2D eigenvalue weighted by Gasteiger charge is 2.10. The summed E-state index contributed by atoms with van der Waals surface area (Å²) in [5.41, 5.74) is 0.844. The predicted octanol–water partition coefficient (Wildman–Crippen LogP) is 0.863. The zero-order valence-corrected chi connectivity index (χ0v) is 11.6. The van der Waals surface area contributed by atoms with Crippen LogP contribution in [0.4, 0.5) is 0 Å². The fraction of sp³-hybridized carbons (Fsp3) is 0.267. The number of amides is 2. The molecule has 5 heteroatoms. The average molecular weight is 274 g/mol. The van der Waals surface area contributed by atoms with Crippen LogP contribution in [-0.4, -0.2) is 43.1 Å². The first kappa shape index (κ1) is 15.6. The lowest BCUT2D eigenvalue weighted by Crippen LogP contribution is -2.33. The minimum absolute atomic E-state index is 0.0995. The zero-order valence-electron chi connectivity index (χ0n) is 11.6.